The topological polar surface area (TPSA) is 75.7 Å². The van der Waals surface area contributed by atoms with E-state index in [2.05, 4.69) is 5.32 Å². The van der Waals surface area contributed by atoms with Crippen molar-refractivity contribution in [2.45, 2.75) is 32.6 Å². The number of nitrogens with zero attached hydrogens (tertiary/aromatic N) is 1. The Balaban J connectivity index is 2.41. The second-order valence-electron chi connectivity index (χ2n) is 7.29. The van der Waals surface area contributed by atoms with E-state index >= 15 is 0 Å². The zero-order chi connectivity index (χ0) is 18.8. The Morgan fingerprint density at radius 1 is 1.24 bits per heavy atom. The first kappa shape index (κ1) is 19.1. The average molecular weight is 362 g/mol. The quantitative estimate of drug-likeness (QED) is 0.502. The maximum atomic E-state index is 13.0. The van der Waals surface area contributed by atoms with E-state index in [1.165, 1.54) is 11.9 Å². The third-order valence-electron chi connectivity index (χ3n) is 3.92. The number of benzene rings is 1. The van der Waals surface area contributed by atoms with Gasteiger partial charge in [-0.15, -0.1) is 0 Å². The van der Waals surface area contributed by atoms with Gasteiger partial charge in [0.2, 0.25) is 11.8 Å². The van der Waals surface area contributed by atoms with Crippen molar-refractivity contribution in [1.82, 2.24) is 10.2 Å². The number of rotatable bonds is 4. The Morgan fingerprint density at radius 2 is 1.84 bits per heavy atom. The van der Waals surface area contributed by atoms with E-state index in [1.54, 1.807) is 30.3 Å². The summed E-state index contributed by atoms with van der Waals surface area (Å²) in [5, 5.41) is 2.53. The molecule has 1 saturated heterocycles. The number of nitrogens with one attached hydrogen (secondary N) is 1. The van der Waals surface area contributed by atoms with Crippen molar-refractivity contribution in [3.63, 3.8) is 0 Å². The monoisotopic (exact) mass is 362 g/mol. The zero-order valence-corrected chi connectivity index (χ0v) is 15.6. The Morgan fingerprint density at radius 3 is 2.40 bits per heavy atom. The van der Waals surface area contributed by atoms with E-state index in [0.29, 0.717) is 5.56 Å². The van der Waals surface area contributed by atoms with Gasteiger partial charge in [-0.05, 0) is 23.2 Å². The molecule has 1 atom stereocenters. The van der Waals surface area contributed by atoms with Gasteiger partial charge in [-0.3, -0.25) is 19.3 Å². The largest absolute Gasteiger partial charge is 0.465 e. The fourth-order valence-corrected chi connectivity index (χ4v) is 2.74. The van der Waals surface area contributed by atoms with Gasteiger partial charge in [0.25, 0.3) is 0 Å². The first-order chi connectivity index (χ1) is 11.6. The van der Waals surface area contributed by atoms with Gasteiger partial charge < -0.3 is 10.1 Å². The number of hydrogen-bond donors (Lipinski definition) is 1. The average Bonchev–Trinajstić information content (AvgIpc) is 2.55. The molecule has 1 fully saturated rings. The van der Waals surface area contributed by atoms with E-state index in [9.17, 15) is 14.4 Å². The standard InChI is InChI=1S/C18H22N2O4S/c1-17(2,3)11-24-13(21)10-18(12-8-6-5-7-9-12)14(22)19-16(25)20(4)15(18)23/h5-9H,10-11H2,1-4H3,(H,19,22,25). The lowest BCUT2D eigenvalue weighted by molar-refractivity contribution is -0.155. The Bertz CT molecular complexity index is 712. The van der Waals surface area contributed by atoms with Gasteiger partial charge in [0.1, 0.15) is 0 Å². The summed E-state index contributed by atoms with van der Waals surface area (Å²) in [5.41, 5.74) is -1.47. The van der Waals surface area contributed by atoms with Crippen LogP contribution in [-0.2, 0) is 24.5 Å². The van der Waals surface area contributed by atoms with Crippen LogP contribution in [0.3, 0.4) is 0 Å². The molecule has 0 aromatic heterocycles. The Hall–Kier alpha value is -2.28. The first-order valence-corrected chi connectivity index (χ1v) is 8.33. The van der Waals surface area contributed by atoms with Crippen LogP contribution in [0.25, 0.3) is 0 Å². The van der Waals surface area contributed by atoms with Crippen LogP contribution in [0.15, 0.2) is 30.3 Å². The van der Waals surface area contributed by atoms with E-state index in [0.717, 1.165) is 0 Å². The van der Waals surface area contributed by atoms with Gasteiger partial charge in [0.15, 0.2) is 10.5 Å². The number of carbonyl (C=O) groups excluding carboxylic acids is 3. The molecule has 6 nitrogen and oxygen atoms in total. The van der Waals surface area contributed by atoms with E-state index in [-0.39, 0.29) is 23.6 Å². The smallest absolute Gasteiger partial charge is 0.307 e. The molecule has 1 heterocycles. The van der Waals surface area contributed by atoms with Crippen LogP contribution < -0.4 is 5.32 Å². The molecule has 0 spiro atoms. The fourth-order valence-electron chi connectivity index (χ4n) is 2.56. The van der Waals surface area contributed by atoms with Crippen molar-refractivity contribution in [3.05, 3.63) is 35.9 Å². The normalized spacial score (nSPS) is 21.1. The van der Waals surface area contributed by atoms with Crippen LogP contribution in [0.4, 0.5) is 0 Å². The highest BCUT2D eigenvalue weighted by Gasteiger charge is 2.54. The van der Waals surface area contributed by atoms with Crippen LogP contribution in [0.1, 0.15) is 32.8 Å². The molecule has 0 aliphatic carbocycles. The van der Waals surface area contributed by atoms with E-state index in [1.807, 2.05) is 20.8 Å². The van der Waals surface area contributed by atoms with Gasteiger partial charge >= 0.3 is 5.97 Å². The summed E-state index contributed by atoms with van der Waals surface area (Å²) < 4.78 is 5.29. The summed E-state index contributed by atoms with van der Waals surface area (Å²) in [6.07, 6.45) is -0.384. The van der Waals surface area contributed by atoms with Crippen molar-refractivity contribution >= 4 is 35.1 Å². The van der Waals surface area contributed by atoms with Gasteiger partial charge in [0.05, 0.1) is 13.0 Å². The molecule has 7 heteroatoms. The van der Waals surface area contributed by atoms with Crippen molar-refractivity contribution in [1.29, 1.82) is 0 Å². The van der Waals surface area contributed by atoms with Gasteiger partial charge in [-0.1, -0.05) is 51.1 Å². The number of thiocarbonyl (C=S) groups is 1. The molecule has 0 saturated carbocycles. The predicted octanol–water partition coefficient (Wildman–Crippen LogP) is 1.78. The highest BCUT2D eigenvalue weighted by Crippen LogP contribution is 2.34. The number of esters is 1. The minimum Gasteiger partial charge on any atom is -0.465 e. The molecule has 1 aliphatic heterocycles. The molecule has 2 amide bonds. The van der Waals surface area contributed by atoms with Crippen LogP contribution in [-0.4, -0.2) is 41.5 Å². The second-order valence-corrected chi connectivity index (χ2v) is 7.68. The summed E-state index contributed by atoms with van der Waals surface area (Å²) in [5.74, 6) is -1.76. The SMILES string of the molecule is CN1C(=O)C(CC(=O)OCC(C)(C)C)(c2ccccc2)C(=O)NC1=S. The van der Waals surface area contributed by atoms with Crippen molar-refractivity contribution < 1.29 is 19.1 Å². The summed E-state index contributed by atoms with van der Waals surface area (Å²) >= 11 is 5.01. The molecule has 0 bridgehead atoms. The maximum absolute atomic E-state index is 13.0. The molecular formula is C18H22N2O4S. The minimum atomic E-state index is -1.69. The fraction of sp³-hybridized carbons (Fsp3) is 0.444. The third kappa shape index (κ3) is 3.87. The lowest BCUT2D eigenvalue weighted by Crippen LogP contribution is -2.65. The lowest BCUT2D eigenvalue weighted by atomic mass is 9.74. The molecule has 2 rings (SSSR count). The number of hydrogen-bond acceptors (Lipinski definition) is 5. The Labute approximate surface area is 152 Å². The van der Waals surface area contributed by atoms with E-state index < -0.39 is 23.2 Å². The molecule has 25 heavy (non-hydrogen) atoms. The summed E-state index contributed by atoms with van der Waals surface area (Å²) in [7, 11) is 1.47. The van der Waals surface area contributed by atoms with Gasteiger partial charge in [-0.25, -0.2) is 0 Å². The Kier molecular flexibility index (Phi) is 5.27. The van der Waals surface area contributed by atoms with E-state index in [4.69, 9.17) is 17.0 Å². The van der Waals surface area contributed by atoms with Crippen molar-refractivity contribution in [2.75, 3.05) is 13.7 Å². The van der Waals surface area contributed by atoms with Crippen molar-refractivity contribution in [3.8, 4) is 0 Å². The molecule has 0 radical (unpaired) electrons. The molecule has 1 aromatic rings. The number of likely N-dealkylation sites (N-methyl/N-ethyl adjacent to an activating group) is 1. The predicted molar refractivity (Wildman–Crippen MR) is 96.7 cm³/mol. The molecule has 1 aromatic carbocycles. The number of amides is 2. The minimum absolute atomic E-state index is 0.0182. The summed E-state index contributed by atoms with van der Waals surface area (Å²) in [6, 6.07) is 8.50. The molecule has 1 unspecified atom stereocenters. The molecular weight excluding hydrogens is 340 g/mol. The van der Waals surface area contributed by atoms with Crippen LogP contribution in [0.2, 0.25) is 0 Å². The third-order valence-corrected chi connectivity index (χ3v) is 4.30. The number of ether oxygens (including phenoxy) is 1. The first-order valence-electron chi connectivity index (χ1n) is 7.93. The summed E-state index contributed by atoms with van der Waals surface area (Å²) in [4.78, 5) is 39.3. The second kappa shape index (κ2) is 6.92. The van der Waals surface area contributed by atoms with Crippen LogP contribution in [0, 0.1) is 5.41 Å². The maximum Gasteiger partial charge on any atom is 0.307 e. The zero-order valence-electron chi connectivity index (χ0n) is 14.8. The molecule has 1 aliphatic rings. The van der Waals surface area contributed by atoms with Gasteiger partial charge in [-0.2, -0.15) is 0 Å². The summed E-state index contributed by atoms with van der Waals surface area (Å²) in [6.45, 7) is 5.98. The van der Waals surface area contributed by atoms with Gasteiger partial charge in [0, 0.05) is 7.05 Å². The molecule has 1 N–H and O–H groups in total. The van der Waals surface area contributed by atoms with Crippen LogP contribution in [0.5, 0.6) is 0 Å². The van der Waals surface area contributed by atoms with Crippen LogP contribution >= 0.6 is 12.2 Å². The number of carbonyl (C=O) groups is 3. The lowest BCUT2D eigenvalue weighted by Gasteiger charge is -2.39. The van der Waals surface area contributed by atoms with Crippen molar-refractivity contribution in [2.24, 2.45) is 5.41 Å². The highest BCUT2D eigenvalue weighted by molar-refractivity contribution is 7.80. The highest BCUT2D eigenvalue weighted by atomic mass is 32.1. The molecule has 134 valence electrons.